The zero-order valence-electron chi connectivity index (χ0n) is 20.4. The molecule has 3 aromatic rings. The van der Waals surface area contributed by atoms with E-state index in [0.29, 0.717) is 68.4 Å². The van der Waals surface area contributed by atoms with Crippen LogP contribution in [0.25, 0.3) is 0 Å². The Balaban J connectivity index is 1.29. The summed E-state index contributed by atoms with van der Waals surface area (Å²) in [7, 11) is 0. The van der Waals surface area contributed by atoms with Crippen molar-refractivity contribution in [3.05, 3.63) is 84.2 Å². The summed E-state index contributed by atoms with van der Waals surface area (Å²) in [5.41, 5.74) is 1.08. The third-order valence-corrected chi connectivity index (χ3v) is 5.88. The molecule has 1 aliphatic rings. The summed E-state index contributed by atoms with van der Waals surface area (Å²) in [5, 5.41) is 3.04. The van der Waals surface area contributed by atoms with E-state index in [9.17, 15) is 9.59 Å². The maximum Gasteiger partial charge on any atom is 0.253 e. The smallest absolute Gasteiger partial charge is 0.253 e. The summed E-state index contributed by atoms with van der Waals surface area (Å²) in [5.74, 6) is 1.68. The Morgan fingerprint density at radius 2 is 1.69 bits per heavy atom. The molecule has 1 aliphatic heterocycles. The zero-order valence-corrected chi connectivity index (χ0v) is 20.4. The number of benzene rings is 2. The van der Waals surface area contributed by atoms with Crippen LogP contribution in [0.15, 0.2) is 73.1 Å². The Hall–Kier alpha value is -4.07. The SMILES string of the molecule is CCOc1cc(C(=O)N2CCC(NC(=O)c3cccnc3)CC2)ccc1OCCOc1ccccc1. The molecule has 0 aliphatic carbocycles. The van der Waals surface area contributed by atoms with Crippen LogP contribution in [0.2, 0.25) is 0 Å². The molecule has 0 unspecified atom stereocenters. The third-order valence-electron chi connectivity index (χ3n) is 5.88. The second-order valence-electron chi connectivity index (χ2n) is 8.39. The van der Waals surface area contributed by atoms with Crippen LogP contribution in [-0.2, 0) is 0 Å². The number of rotatable bonds is 10. The van der Waals surface area contributed by atoms with Crippen LogP contribution in [0.4, 0.5) is 0 Å². The predicted octanol–water partition coefficient (Wildman–Crippen LogP) is 3.97. The molecule has 0 atom stereocenters. The standard InChI is InChI=1S/C28H31N3O5/c1-2-34-26-19-21(10-11-25(26)36-18-17-35-24-8-4-3-5-9-24)28(33)31-15-12-23(13-16-31)30-27(32)22-7-6-14-29-20-22/h3-11,14,19-20,23H,2,12-13,15-18H2,1H3,(H,30,32). The first kappa shape index (κ1) is 25.0. The van der Waals surface area contributed by atoms with Crippen LogP contribution in [0.1, 0.15) is 40.5 Å². The van der Waals surface area contributed by atoms with E-state index in [1.807, 2.05) is 42.2 Å². The number of ether oxygens (including phenoxy) is 3. The van der Waals surface area contributed by atoms with Crippen molar-refractivity contribution in [2.75, 3.05) is 32.9 Å². The number of para-hydroxylation sites is 1. The highest BCUT2D eigenvalue weighted by Gasteiger charge is 2.25. The lowest BCUT2D eigenvalue weighted by Gasteiger charge is -2.32. The monoisotopic (exact) mass is 489 g/mol. The minimum Gasteiger partial charge on any atom is -0.490 e. The van der Waals surface area contributed by atoms with E-state index in [4.69, 9.17) is 14.2 Å². The van der Waals surface area contributed by atoms with Crippen LogP contribution in [0.3, 0.4) is 0 Å². The van der Waals surface area contributed by atoms with Crippen molar-refractivity contribution < 1.29 is 23.8 Å². The first-order chi connectivity index (χ1) is 17.6. The third kappa shape index (κ3) is 6.75. The molecule has 4 rings (SSSR count). The minimum atomic E-state index is -0.140. The number of carbonyl (C=O) groups is 2. The molecular weight excluding hydrogens is 458 g/mol. The first-order valence-electron chi connectivity index (χ1n) is 12.2. The Bertz CT molecular complexity index is 1130. The molecule has 36 heavy (non-hydrogen) atoms. The molecule has 0 radical (unpaired) electrons. The van der Waals surface area contributed by atoms with Crippen molar-refractivity contribution >= 4 is 11.8 Å². The second-order valence-corrected chi connectivity index (χ2v) is 8.39. The van der Waals surface area contributed by atoms with Gasteiger partial charge in [0, 0.05) is 37.1 Å². The quantitative estimate of drug-likeness (QED) is 0.434. The number of pyridine rings is 1. The van der Waals surface area contributed by atoms with Crippen LogP contribution in [0.5, 0.6) is 17.2 Å². The number of carbonyl (C=O) groups excluding carboxylic acids is 2. The fourth-order valence-corrected chi connectivity index (χ4v) is 4.03. The lowest BCUT2D eigenvalue weighted by Crippen LogP contribution is -2.46. The van der Waals surface area contributed by atoms with Crippen molar-refractivity contribution in [2.45, 2.75) is 25.8 Å². The lowest BCUT2D eigenvalue weighted by molar-refractivity contribution is 0.0697. The van der Waals surface area contributed by atoms with Gasteiger partial charge in [0.15, 0.2) is 11.5 Å². The molecule has 1 aromatic heterocycles. The van der Waals surface area contributed by atoms with Gasteiger partial charge in [-0.15, -0.1) is 0 Å². The van der Waals surface area contributed by atoms with Gasteiger partial charge in [-0.05, 0) is 62.2 Å². The Kier molecular flexibility index (Phi) is 8.75. The second kappa shape index (κ2) is 12.6. The van der Waals surface area contributed by atoms with Crippen molar-refractivity contribution in [3.63, 3.8) is 0 Å². The number of hydrogen-bond donors (Lipinski definition) is 1. The number of amides is 2. The molecule has 2 heterocycles. The van der Waals surface area contributed by atoms with Crippen molar-refractivity contribution in [3.8, 4) is 17.2 Å². The van der Waals surface area contributed by atoms with Gasteiger partial charge in [-0.2, -0.15) is 0 Å². The molecule has 188 valence electrons. The van der Waals surface area contributed by atoms with Crippen LogP contribution >= 0.6 is 0 Å². The number of piperidine rings is 1. The van der Waals surface area contributed by atoms with E-state index in [1.54, 1.807) is 42.7 Å². The van der Waals surface area contributed by atoms with Gasteiger partial charge in [0.2, 0.25) is 0 Å². The van der Waals surface area contributed by atoms with E-state index >= 15 is 0 Å². The van der Waals surface area contributed by atoms with Crippen molar-refractivity contribution in [1.82, 2.24) is 15.2 Å². The van der Waals surface area contributed by atoms with Gasteiger partial charge < -0.3 is 24.4 Å². The topological polar surface area (TPSA) is 90.0 Å². The van der Waals surface area contributed by atoms with Gasteiger partial charge in [-0.25, -0.2) is 0 Å². The molecule has 1 fully saturated rings. The summed E-state index contributed by atoms with van der Waals surface area (Å²) >= 11 is 0. The van der Waals surface area contributed by atoms with Crippen molar-refractivity contribution in [2.24, 2.45) is 0 Å². The Morgan fingerprint density at radius 1 is 0.917 bits per heavy atom. The summed E-state index contributed by atoms with van der Waals surface area (Å²) in [4.78, 5) is 31.3. The maximum absolute atomic E-state index is 13.1. The molecule has 0 bridgehead atoms. The molecule has 0 spiro atoms. The van der Waals surface area contributed by atoms with E-state index in [0.717, 1.165) is 5.75 Å². The van der Waals surface area contributed by atoms with Gasteiger partial charge in [-0.1, -0.05) is 18.2 Å². The van der Waals surface area contributed by atoms with Crippen LogP contribution < -0.4 is 19.5 Å². The minimum absolute atomic E-state index is 0.0228. The van der Waals surface area contributed by atoms with E-state index in [1.165, 1.54) is 0 Å². The molecule has 1 N–H and O–H groups in total. The maximum atomic E-state index is 13.1. The van der Waals surface area contributed by atoms with Gasteiger partial charge in [0.25, 0.3) is 11.8 Å². The number of aromatic nitrogens is 1. The molecule has 8 nitrogen and oxygen atoms in total. The highest BCUT2D eigenvalue weighted by molar-refractivity contribution is 5.95. The average Bonchev–Trinajstić information content (AvgIpc) is 2.93. The molecule has 2 aromatic carbocycles. The summed E-state index contributed by atoms with van der Waals surface area (Å²) in [6, 6.07) is 18.3. The summed E-state index contributed by atoms with van der Waals surface area (Å²) < 4.78 is 17.3. The predicted molar refractivity (Wildman–Crippen MR) is 136 cm³/mol. The molecule has 2 amide bonds. The van der Waals surface area contributed by atoms with E-state index in [2.05, 4.69) is 10.3 Å². The zero-order chi connectivity index (χ0) is 25.2. The lowest BCUT2D eigenvalue weighted by atomic mass is 10.0. The van der Waals surface area contributed by atoms with Crippen LogP contribution in [0, 0.1) is 0 Å². The molecule has 0 saturated carbocycles. The average molecular weight is 490 g/mol. The molecule has 1 saturated heterocycles. The largest absolute Gasteiger partial charge is 0.490 e. The number of hydrogen-bond acceptors (Lipinski definition) is 6. The summed E-state index contributed by atoms with van der Waals surface area (Å²) in [6.07, 6.45) is 4.57. The number of nitrogens with one attached hydrogen (secondary N) is 1. The Labute approximate surface area is 211 Å². The van der Waals surface area contributed by atoms with Gasteiger partial charge in [0.1, 0.15) is 19.0 Å². The first-order valence-corrected chi connectivity index (χ1v) is 12.2. The fourth-order valence-electron chi connectivity index (χ4n) is 4.03. The highest BCUT2D eigenvalue weighted by atomic mass is 16.5. The molecule has 8 heteroatoms. The Morgan fingerprint density at radius 3 is 2.42 bits per heavy atom. The fraction of sp³-hybridized carbons (Fsp3) is 0.321. The number of nitrogens with zero attached hydrogens (tertiary/aromatic N) is 2. The molecular formula is C28H31N3O5. The van der Waals surface area contributed by atoms with Gasteiger partial charge in [0.05, 0.1) is 12.2 Å². The van der Waals surface area contributed by atoms with Crippen molar-refractivity contribution in [1.29, 1.82) is 0 Å². The summed E-state index contributed by atoms with van der Waals surface area (Å²) in [6.45, 7) is 4.21. The van der Waals surface area contributed by atoms with Gasteiger partial charge in [-0.3, -0.25) is 14.6 Å². The van der Waals surface area contributed by atoms with E-state index in [-0.39, 0.29) is 17.9 Å². The van der Waals surface area contributed by atoms with E-state index < -0.39 is 0 Å². The normalized spacial score (nSPS) is 13.6. The van der Waals surface area contributed by atoms with Gasteiger partial charge >= 0.3 is 0 Å². The number of likely N-dealkylation sites (tertiary alicyclic amines) is 1. The highest BCUT2D eigenvalue weighted by Crippen LogP contribution is 2.29. The van der Waals surface area contributed by atoms with Crippen LogP contribution in [-0.4, -0.2) is 60.7 Å².